The number of hydrogen-bond acceptors (Lipinski definition) is 7. The van der Waals surface area contributed by atoms with E-state index in [-0.39, 0.29) is 17.6 Å². The van der Waals surface area contributed by atoms with E-state index in [0.29, 0.717) is 21.4 Å². The van der Waals surface area contributed by atoms with Gasteiger partial charge in [0.05, 0.1) is 18.1 Å². The zero-order chi connectivity index (χ0) is 23.5. The van der Waals surface area contributed by atoms with Gasteiger partial charge in [-0.25, -0.2) is 8.42 Å². The minimum atomic E-state index is -3.37. The van der Waals surface area contributed by atoms with Crippen LogP contribution in [0.3, 0.4) is 0 Å². The van der Waals surface area contributed by atoms with Crippen molar-refractivity contribution in [1.82, 2.24) is 19.7 Å². The quantitative estimate of drug-likeness (QED) is 0.356. The third-order valence-electron chi connectivity index (χ3n) is 4.73. The normalized spacial score (nSPS) is 12.7. The van der Waals surface area contributed by atoms with Gasteiger partial charge in [-0.15, -0.1) is 10.2 Å². The van der Waals surface area contributed by atoms with E-state index in [1.54, 1.807) is 36.4 Å². The molecule has 0 amide bonds. The minimum Gasteiger partial charge on any atom is -0.300 e. The molecule has 1 N–H and O–H groups in total. The number of carbonyl (C=O) groups excluding carboxylic acids is 1. The number of hydrogen-bond donors (Lipinski definition) is 1. The molecule has 2 aromatic carbocycles. The molecule has 0 fully saturated rings. The monoisotopic (exact) mass is 493 g/mol. The minimum absolute atomic E-state index is 0.00174. The van der Waals surface area contributed by atoms with Gasteiger partial charge in [0, 0.05) is 22.0 Å². The smallest absolute Gasteiger partial charge is 0.229 e. The zero-order valence-corrected chi connectivity index (χ0v) is 20.5. The Kier molecular flexibility index (Phi) is 7.60. The molecule has 1 aromatic heterocycles. The Morgan fingerprint density at radius 1 is 1.12 bits per heavy atom. The van der Waals surface area contributed by atoms with Gasteiger partial charge in [0.1, 0.15) is 0 Å². The van der Waals surface area contributed by atoms with E-state index in [9.17, 15) is 13.2 Å². The van der Waals surface area contributed by atoms with Gasteiger partial charge in [0.15, 0.2) is 16.8 Å². The second kappa shape index (κ2) is 10.0. The number of halogens is 1. The molecule has 11 heteroatoms. The Morgan fingerprint density at radius 3 is 2.31 bits per heavy atom. The Morgan fingerprint density at radius 2 is 1.75 bits per heavy atom. The summed E-state index contributed by atoms with van der Waals surface area (Å²) in [6.45, 7) is 2.03. The molecule has 0 spiro atoms. The molecule has 0 aliphatic rings. The van der Waals surface area contributed by atoms with Gasteiger partial charge >= 0.3 is 0 Å². The molecular weight excluding hydrogens is 470 g/mol. The Hall–Kier alpha value is -2.40. The average molecular weight is 494 g/mol. The highest BCUT2D eigenvalue weighted by atomic mass is 35.5. The van der Waals surface area contributed by atoms with Crippen LogP contribution in [0.15, 0.2) is 53.7 Å². The SMILES string of the molecule is C[C@@H](c1nnc(SCC(=O)c2ccc(NS(C)(=O)=O)cc2)n1-c1ccc(Cl)cc1)N(C)C. The molecule has 170 valence electrons. The molecule has 0 saturated heterocycles. The second-order valence-corrected chi connectivity index (χ2v) is 10.6. The van der Waals surface area contributed by atoms with Gasteiger partial charge in [0.25, 0.3) is 0 Å². The van der Waals surface area contributed by atoms with E-state index < -0.39 is 10.0 Å². The number of carbonyl (C=O) groups is 1. The van der Waals surface area contributed by atoms with Crippen LogP contribution in [0.2, 0.25) is 5.02 Å². The highest BCUT2D eigenvalue weighted by Crippen LogP contribution is 2.28. The number of aromatic nitrogens is 3. The number of nitrogens with one attached hydrogen (secondary N) is 1. The lowest BCUT2D eigenvalue weighted by molar-refractivity contribution is 0.102. The molecule has 0 saturated carbocycles. The van der Waals surface area contributed by atoms with Crippen molar-refractivity contribution in [2.24, 2.45) is 0 Å². The number of ketones is 1. The van der Waals surface area contributed by atoms with E-state index in [1.165, 1.54) is 11.8 Å². The van der Waals surface area contributed by atoms with E-state index in [2.05, 4.69) is 14.9 Å². The van der Waals surface area contributed by atoms with Crippen LogP contribution in [0.25, 0.3) is 5.69 Å². The Bertz CT molecular complexity index is 1190. The summed E-state index contributed by atoms with van der Waals surface area (Å²) in [6.07, 6.45) is 1.07. The molecule has 0 aliphatic carbocycles. The van der Waals surface area contributed by atoms with E-state index in [0.717, 1.165) is 17.8 Å². The van der Waals surface area contributed by atoms with Crippen LogP contribution in [-0.4, -0.2) is 60.0 Å². The van der Waals surface area contributed by atoms with Crippen LogP contribution in [0.1, 0.15) is 29.1 Å². The average Bonchev–Trinajstić information content (AvgIpc) is 3.15. The van der Waals surface area contributed by atoms with Gasteiger partial charge in [-0.2, -0.15) is 0 Å². The fourth-order valence-electron chi connectivity index (χ4n) is 2.86. The maximum absolute atomic E-state index is 12.7. The summed E-state index contributed by atoms with van der Waals surface area (Å²) in [5, 5.41) is 9.92. The molecule has 1 heterocycles. The fraction of sp³-hybridized carbons (Fsp3) is 0.286. The van der Waals surface area contributed by atoms with Crippen molar-refractivity contribution in [2.45, 2.75) is 18.1 Å². The molecule has 1 atom stereocenters. The van der Waals surface area contributed by atoms with Crippen molar-refractivity contribution in [3.05, 3.63) is 64.9 Å². The highest BCUT2D eigenvalue weighted by Gasteiger charge is 2.21. The van der Waals surface area contributed by atoms with Gasteiger partial charge in [-0.1, -0.05) is 23.4 Å². The van der Waals surface area contributed by atoms with Crippen molar-refractivity contribution in [2.75, 3.05) is 30.8 Å². The van der Waals surface area contributed by atoms with Crippen LogP contribution < -0.4 is 4.72 Å². The summed E-state index contributed by atoms with van der Waals surface area (Å²) in [4.78, 5) is 14.7. The first-order valence-corrected chi connectivity index (χ1v) is 12.9. The van der Waals surface area contributed by atoms with Crippen molar-refractivity contribution in [1.29, 1.82) is 0 Å². The van der Waals surface area contributed by atoms with Gasteiger partial charge in [0.2, 0.25) is 10.0 Å². The molecule has 0 radical (unpaired) electrons. The zero-order valence-electron chi connectivity index (χ0n) is 18.1. The maximum Gasteiger partial charge on any atom is 0.229 e. The lowest BCUT2D eigenvalue weighted by atomic mass is 10.1. The third kappa shape index (κ3) is 6.10. The van der Waals surface area contributed by atoms with E-state index in [4.69, 9.17) is 11.6 Å². The van der Waals surface area contributed by atoms with Crippen molar-refractivity contribution in [3.8, 4) is 5.69 Å². The maximum atomic E-state index is 12.7. The lowest BCUT2D eigenvalue weighted by Crippen LogP contribution is -2.20. The predicted molar refractivity (Wildman–Crippen MR) is 128 cm³/mol. The third-order valence-corrected chi connectivity index (χ3v) is 6.52. The van der Waals surface area contributed by atoms with Gasteiger partial charge in [-0.3, -0.25) is 19.0 Å². The number of nitrogens with zero attached hydrogens (tertiary/aromatic N) is 4. The summed E-state index contributed by atoms with van der Waals surface area (Å²) < 4.78 is 27.0. The van der Waals surface area contributed by atoms with Gasteiger partial charge in [-0.05, 0) is 69.6 Å². The summed E-state index contributed by atoms with van der Waals surface area (Å²) in [6, 6.07) is 13.7. The van der Waals surface area contributed by atoms with Crippen LogP contribution in [0.5, 0.6) is 0 Å². The molecule has 0 unspecified atom stereocenters. The predicted octanol–water partition coefficient (Wildman–Crippen LogP) is 3.89. The lowest BCUT2D eigenvalue weighted by Gasteiger charge is -2.20. The molecule has 0 bridgehead atoms. The Balaban J connectivity index is 1.81. The van der Waals surface area contributed by atoms with Crippen LogP contribution in [-0.2, 0) is 10.0 Å². The standard InChI is InChI=1S/C21H24ClN5O3S2/c1-14(26(2)3)20-23-24-21(27(20)18-11-7-16(22)8-12-18)31-13-19(28)15-5-9-17(10-6-15)25-32(4,29)30/h5-12,14,25H,13H2,1-4H3/t14-/m0/s1. The molecule has 32 heavy (non-hydrogen) atoms. The summed E-state index contributed by atoms with van der Waals surface area (Å²) in [7, 11) is 0.555. The van der Waals surface area contributed by atoms with E-state index in [1.807, 2.05) is 42.6 Å². The highest BCUT2D eigenvalue weighted by molar-refractivity contribution is 7.99. The summed E-state index contributed by atoms with van der Waals surface area (Å²) >= 11 is 7.34. The van der Waals surface area contributed by atoms with Crippen molar-refractivity contribution < 1.29 is 13.2 Å². The first-order valence-electron chi connectivity index (χ1n) is 9.66. The summed E-state index contributed by atoms with van der Waals surface area (Å²) in [5.74, 6) is 0.804. The first-order chi connectivity index (χ1) is 15.0. The summed E-state index contributed by atoms with van der Waals surface area (Å²) in [5.41, 5.74) is 1.74. The number of rotatable bonds is 9. The molecule has 0 aliphatic heterocycles. The Labute approximate surface area is 197 Å². The van der Waals surface area contributed by atoms with Crippen LogP contribution in [0, 0.1) is 0 Å². The van der Waals surface area contributed by atoms with Crippen LogP contribution in [0.4, 0.5) is 5.69 Å². The van der Waals surface area contributed by atoms with Crippen LogP contribution >= 0.6 is 23.4 Å². The second-order valence-electron chi connectivity index (χ2n) is 7.46. The van der Waals surface area contributed by atoms with Crippen molar-refractivity contribution >= 4 is 44.9 Å². The number of thioether (sulfide) groups is 1. The number of benzene rings is 2. The van der Waals surface area contributed by atoms with Crippen molar-refractivity contribution in [3.63, 3.8) is 0 Å². The molecule has 8 nitrogen and oxygen atoms in total. The molecule has 3 aromatic rings. The number of sulfonamides is 1. The molecular formula is C21H24ClN5O3S2. The fourth-order valence-corrected chi connectivity index (χ4v) is 4.40. The number of Topliss-reactive ketones (excluding diaryl/α,β-unsaturated/α-hetero) is 1. The largest absolute Gasteiger partial charge is 0.300 e. The number of anilines is 1. The van der Waals surface area contributed by atoms with E-state index >= 15 is 0 Å². The van der Waals surface area contributed by atoms with Gasteiger partial charge < -0.3 is 0 Å². The first kappa shape index (κ1) is 24.2. The topological polar surface area (TPSA) is 97.2 Å². The molecule has 3 rings (SSSR count).